The molecular formula is C33H59N5O7S. The number of Topliss-reactive ketones (excluding diaryl/α,β-unsaturated/α-hetero) is 1. The summed E-state index contributed by atoms with van der Waals surface area (Å²) in [5.74, 6) is -0.237. The van der Waals surface area contributed by atoms with Crippen molar-refractivity contribution in [2.75, 3.05) is 19.6 Å². The summed E-state index contributed by atoms with van der Waals surface area (Å²) in [6, 6.07) is -2.40. The first-order chi connectivity index (χ1) is 21.2. The molecule has 0 radical (unpaired) electrons. The highest BCUT2D eigenvalue weighted by atomic mass is 32.1. The largest absolute Gasteiger partial charge is 0.459 e. The number of aldehydes is 1. The molecule has 2 aliphatic rings. The number of urea groups is 1. The molecule has 2 rings (SSSR count). The number of hydrogen-bond acceptors (Lipinski definition) is 9. The number of hydrogen-bond donors (Lipinski definition) is 5. The molecule has 1 saturated carbocycles. The number of ketones is 1. The molecular weight excluding hydrogens is 610 g/mol. The summed E-state index contributed by atoms with van der Waals surface area (Å²) in [7, 11) is 0. The molecule has 12 nitrogen and oxygen atoms in total. The smallest absolute Gasteiger partial charge is 0.325 e. The molecule has 4 N–H and O–H groups in total. The van der Waals surface area contributed by atoms with Crippen LogP contribution in [0.15, 0.2) is 12.7 Å². The Labute approximate surface area is 281 Å². The van der Waals surface area contributed by atoms with Crippen molar-refractivity contribution < 1.29 is 33.5 Å². The SMILES string of the molecule is C=CCNC(=O)C(=O)C(CC1CC1)NS.CC(C)C.CC1CC(C=O)N(C(=O)C(NC(=O)NCC(=O)OC(C)(C)C)C(C)(C)C)C1. The van der Waals surface area contributed by atoms with Gasteiger partial charge in [-0.1, -0.05) is 80.2 Å². The summed E-state index contributed by atoms with van der Waals surface area (Å²) >= 11 is 3.87. The van der Waals surface area contributed by atoms with Crippen LogP contribution in [0.2, 0.25) is 0 Å². The van der Waals surface area contributed by atoms with Crippen LogP contribution in [0.25, 0.3) is 0 Å². The molecule has 0 spiro atoms. The molecule has 0 bridgehead atoms. The Hall–Kier alpha value is -2.93. The van der Waals surface area contributed by atoms with Gasteiger partial charge in [-0.25, -0.2) is 4.79 Å². The number of carbonyl (C=O) groups excluding carboxylic acids is 6. The van der Waals surface area contributed by atoms with Gasteiger partial charge in [0.25, 0.3) is 5.91 Å². The third kappa shape index (κ3) is 18.3. The Balaban J connectivity index is 0.000000889. The Morgan fingerprint density at radius 2 is 1.59 bits per heavy atom. The molecule has 13 heteroatoms. The van der Waals surface area contributed by atoms with Gasteiger partial charge in [-0.15, -0.1) is 6.58 Å². The zero-order valence-corrected chi connectivity index (χ0v) is 30.4. The third-order valence-corrected chi connectivity index (χ3v) is 6.88. The van der Waals surface area contributed by atoms with Crippen LogP contribution in [0.3, 0.4) is 0 Å². The molecule has 1 heterocycles. The van der Waals surface area contributed by atoms with Crippen LogP contribution in [0, 0.1) is 23.2 Å². The lowest BCUT2D eigenvalue weighted by Crippen LogP contribution is -2.58. The van der Waals surface area contributed by atoms with Gasteiger partial charge >= 0.3 is 12.0 Å². The Morgan fingerprint density at radius 1 is 1.02 bits per heavy atom. The van der Waals surface area contributed by atoms with Gasteiger partial charge in [-0.3, -0.25) is 23.9 Å². The van der Waals surface area contributed by atoms with Crippen LogP contribution in [0.4, 0.5) is 4.79 Å². The second-order valence-electron chi connectivity index (χ2n) is 14.7. The maximum absolute atomic E-state index is 13.0. The van der Waals surface area contributed by atoms with Crippen LogP contribution >= 0.6 is 12.8 Å². The standard InChI is InChI=1S/C19H33N3O5.C10H16N2O2S.C4H10/c1-12-8-13(11-23)22(10-12)16(25)15(18(2,3)4)21-17(26)20-9-14(24)27-19(5,6)7;1-2-5-11-10(14)9(13)8(12-15)6-7-3-4-7;1-4(2)3/h11-13,15H,8-10H2,1-7H3,(H2,20,21,26);2,7-8,12,15H,1,3-6H2,(H,11,14);4H,1-3H3. The number of esters is 1. The van der Waals surface area contributed by atoms with E-state index in [-0.39, 0.29) is 18.4 Å². The van der Waals surface area contributed by atoms with E-state index in [1.54, 1.807) is 20.8 Å². The minimum Gasteiger partial charge on any atom is -0.459 e. The van der Waals surface area contributed by atoms with Gasteiger partial charge in [0.1, 0.15) is 24.5 Å². The van der Waals surface area contributed by atoms with Gasteiger partial charge in [0, 0.05) is 13.1 Å². The number of likely N-dealkylation sites (tertiary alicyclic amines) is 1. The highest BCUT2D eigenvalue weighted by Gasteiger charge is 2.41. The zero-order chi connectivity index (χ0) is 35.8. The number of amides is 4. The highest BCUT2D eigenvalue weighted by molar-refractivity contribution is 7.78. The summed E-state index contributed by atoms with van der Waals surface area (Å²) in [6.07, 6.45) is 5.93. The number of thiol groups is 1. The van der Waals surface area contributed by atoms with Crippen molar-refractivity contribution in [3.05, 3.63) is 12.7 Å². The van der Waals surface area contributed by atoms with Gasteiger partial charge in [0.05, 0.1) is 12.1 Å². The lowest BCUT2D eigenvalue weighted by molar-refractivity contribution is -0.153. The lowest BCUT2D eigenvalue weighted by Gasteiger charge is -2.34. The molecule has 46 heavy (non-hydrogen) atoms. The Morgan fingerprint density at radius 3 is 2.02 bits per heavy atom. The zero-order valence-electron chi connectivity index (χ0n) is 29.5. The number of ether oxygens (including phenoxy) is 1. The molecule has 0 aromatic carbocycles. The van der Waals surface area contributed by atoms with Crippen molar-refractivity contribution in [1.29, 1.82) is 0 Å². The maximum Gasteiger partial charge on any atom is 0.325 e. The van der Waals surface area contributed by atoms with E-state index in [0.717, 1.165) is 25.0 Å². The molecule has 0 aromatic rings. The normalized spacial score (nSPS) is 18.8. The summed E-state index contributed by atoms with van der Waals surface area (Å²) < 4.78 is 7.72. The van der Waals surface area contributed by atoms with Gasteiger partial charge in [0.2, 0.25) is 11.7 Å². The summed E-state index contributed by atoms with van der Waals surface area (Å²) in [5, 5.41) is 7.53. The monoisotopic (exact) mass is 669 g/mol. The molecule has 2 fully saturated rings. The summed E-state index contributed by atoms with van der Waals surface area (Å²) in [4.78, 5) is 72.7. The second-order valence-corrected chi connectivity index (χ2v) is 15.0. The van der Waals surface area contributed by atoms with Crippen molar-refractivity contribution in [2.24, 2.45) is 23.2 Å². The minimum absolute atomic E-state index is 0.228. The highest BCUT2D eigenvalue weighted by Crippen LogP contribution is 2.33. The fourth-order valence-corrected chi connectivity index (χ4v) is 4.53. The van der Waals surface area contributed by atoms with Crippen molar-refractivity contribution in [3.63, 3.8) is 0 Å². The van der Waals surface area contributed by atoms with Crippen molar-refractivity contribution >= 4 is 48.7 Å². The topological polar surface area (TPSA) is 163 Å². The number of rotatable bonds is 12. The van der Waals surface area contributed by atoms with E-state index in [9.17, 15) is 28.8 Å². The molecule has 4 atom stereocenters. The Bertz CT molecular complexity index is 1030. The van der Waals surface area contributed by atoms with Crippen LogP contribution in [0.5, 0.6) is 0 Å². The number of nitrogens with zero attached hydrogens (tertiary/aromatic N) is 1. The van der Waals surface area contributed by atoms with Crippen LogP contribution in [-0.4, -0.2) is 84.1 Å². The quantitative estimate of drug-likeness (QED) is 0.0692. The predicted octanol–water partition coefficient (Wildman–Crippen LogP) is 3.60. The maximum atomic E-state index is 13.0. The summed E-state index contributed by atoms with van der Waals surface area (Å²) in [6.45, 7) is 23.1. The first-order valence-electron chi connectivity index (χ1n) is 16.0. The van der Waals surface area contributed by atoms with E-state index in [0.29, 0.717) is 31.8 Å². The van der Waals surface area contributed by atoms with Gasteiger partial charge in [-0.2, -0.15) is 0 Å². The van der Waals surface area contributed by atoms with Crippen LogP contribution in [0.1, 0.15) is 94.9 Å². The minimum atomic E-state index is -0.830. The molecule has 1 saturated heterocycles. The van der Waals surface area contributed by atoms with E-state index in [1.165, 1.54) is 11.0 Å². The van der Waals surface area contributed by atoms with Crippen LogP contribution in [-0.2, 0) is 28.7 Å². The average molecular weight is 670 g/mol. The predicted molar refractivity (Wildman–Crippen MR) is 183 cm³/mol. The summed E-state index contributed by atoms with van der Waals surface area (Å²) in [5.41, 5.74) is -1.21. The molecule has 1 aliphatic heterocycles. The molecule has 4 unspecified atom stereocenters. The van der Waals surface area contributed by atoms with Crippen LogP contribution < -0.4 is 20.7 Å². The average Bonchev–Trinajstić information content (AvgIpc) is 3.68. The molecule has 4 amide bonds. The van der Waals surface area contributed by atoms with Gasteiger partial charge in [0.15, 0.2) is 0 Å². The third-order valence-electron chi connectivity index (χ3n) is 6.56. The first-order valence-corrected chi connectivity index (χ1v) is 16.5. The second kappa shape index (κ2) is 20.3. The first kappa shape index (κ1) is 43.1. The van der Waals surface area contributed by atoms with E-state index in [2.05, 4.69) is 60.8 Å². The molecule has 264 valence electrons. The van der Waals surface area contributed by atoms with Crippen molar-refractivity contribution in [1.82, 2.24) is 25.6 Å². The lowest BCUT2D eigenvalue weighted by atomic mass is 9.85. The van der Waals surface area contributed by atoms with Gasteiger partial charge < -0.3 is 30.4 Å². The van der Waals surface area contributed by atoms with E-state index in [4.69, 9.17) is 4.74 Å². The van der Waals surface area contributed by atoms with Crippen molar-refractivity contribution in [3.8, 4) is 0 Å². The van der Waals surface area contributed by atoms with E-state index in [1.807, 2.05) is 27.7 Å². The molecule has 1 aliphatic carbocycles. The number of carbonyl (C=O) groups is 6. The van der Waals surface area contributed by atoms with E-state index < -0.39 is 52.8 Å². The number of nitrogens with one attached hydrogen (secondary N) is 4. The molecule has 0 aromatic heterocycles. The Kier molecular flexibility index (Phi) is 19.0. The van der Waals surface area contributed by atoms with Gasteiger partial charge in [-0.05, 0) is 56.8 Å². The van der Waals surface area contributed by atoms with Crippen molar-refractivity contribution in [2.45, 2.75) is 119 Å². The fraction of sp³-hybridized carbons (Fsp3) is 0.758. The van der Waals surface area contributed by atoms with E-state index >= 15 is 0 Å². The fourth-order valence-electron chi connectivity index (χ4n) is 4.31.